The number of rotatable bonds is 7. The normalized spacial score (nSPS) is 18.1. The molecule has 1 fully saturated rings. The van der Waals surface area contributed by atoms with Crippen molar-refractivity contribution >= 4 is 6.01 Å². The van der Waals surface area contributed by atoms with Crippen LogP contribution in [0.15, 0.2) is 10.7 Å². The van der Waals surface area contributed by atoms with E-state index in [0.717, 1.165) is 37.9 Å². The van der Waals surface area contributed by atoms with Crippen molar-refractivity contribution in [3.05, 3.63) is 12.0 Å². The summed E-state index contributed by atoms with van der Waals surface area (Å²) in [5.74, 6) is 0.662. The summed E-state index contributed by atoms with van der Waals surface area (Å²) < 4.78 is 5.66. The van der Waals surface area contributed by atoms with E-state index in [1.54, 1.807) is 6.26 Å². The molecular weight excluding hydrogens is 250 g/mol. The van der Waals surface area contributed by atoms with Gasteiger partial charge in [0.2, 0.25) is 0 Å². The van der Waals surface area contributed by atoms with Crippen LogP contribution in [0.5, 0.6) is 0 Å². The Kier molecular flexibility index (Phi) is 5.08. The van der Waals surface area contributed by atoms with E-state index in [1.165, 1.54) is 19.3 Å². The molecule has 1 N–H and O–H groups in total. The first kappa shape index (κ1) is 15.4. The van der Waals surface area contributed by atoms with Crippen LogP contribution in [-0.2, 0) is 6.54 Å². The third-order valence-electron chi connectivity index (χ3n) is 4.61. The van der Waals surface area contributed by atoms with E-state index in [4.69, 9.17) is 4.42 Å². The van der Waals surface area contributed by atoms with Crippen LogP contribution < -0.4 is 10.2 Å². The molecule has 0 unspecified atom stereocenters. The van der Waals surface area contributed by atoms with Gasteiger partial charge in [0, 0.05) is 19.6 Å². The van der Waals surface area contributed by atoms with Gasteiger partial charge in [0.1, 0.15) is 6.26 Å². The fraction of sp³-hybridized carbons (Fsp3) is 0.812. The lowest BCUT2D eigenvalue weighted by Crippen LogP contribution is -2.26. The van der Waals surface area contributed by atoms with E-state index < -0.39 is 0 Å². The zero-order valence-corrected chi connectivity index (χ0v) is 13.4. The first-order valence-corrected chi connectivity index (χ1v) is 7.98. The molecule has 2 rings (SSSR count). The largest absolute Gasteiger partial charge is 0.432 e. The average molecular weight is 279 g/mol. The van der Waals surface area contributed by atoms with E-state index in [9.17, 15) is 0 Å². The van der Waals surface area contributed by atoms with E-state index in [0.29, 0.717) is 11.3 Å². The third-order valence-corrected chi connectivity index (χ3v) is 4.61. The maximum Gasteiger partial charge on any atom is 0.297 e. The molecule has 1 saturated heterocycles. The van der Waals surface area contributed by atoms with Gasteiger partial charge in [-0.2, -0.15) is 4.98 Å². The summed E-state index contributed by atoms with van der Waals surface area (Å²) in [6.45, 7) is 13.0. The second-order valence-corrected chi connectivity index (χ2v) is 6.52. The number of hydrogen-bond donors (Lipinski definition) is 1. The summed E-state index contributed by atoms with van der Waals surface area (Å²) in [6, 6.07) is 0.801. The summed E-state index contributed by atoms with van der Waals surface area (Å²) in [7, 11) is 0. The summed E-state index contributed by atoms with van der Waals surface area (Å²) >= 11 is 0. The third kappa shape index (κ3) is 3.54. The van der Waals surface area contributed by atoms with Crippen LogP contribution in [0.1, 0.15) is 52.7 Å². The molecule has 0 spiro atoms. The molecule has 1 aromatic rings. The topological polar surface area (TPSA) is 41.3 Å². The van der Waals surface area contributed by atoms with E-state index in [2.05, 4.69) is 42.9 Å². The average Bonchev–Trinajstić information content (AvgIpc) is 3.05. The zero-order chi connectivity index (χ0) is 14.6. The molecule has 20 heavy (non-hydrogen) atoms. The van der Waals surface area contributed by atoms with Gasteiger partial charge in [0.05, 0.1) is 5.69 Å². The molecule has 4 nitrogen and oxygen atoms in total. The number of anilines is 1. The van der Waals surface area contributed by atoms with Gasteiger partial charge in [-0.3, -0.25) is 0 Å². The molecule has 0 aliphatic carbocycles. The van der Waals surface area contributed by atoms with Crippen molar-refractivity contribution in [2.75, 3.05) is 24.5 Å². The standard InChI is InChI=1S/C16H29N3O/c1-5-16(6-2)7-8-19(12-16)15-18-14(11-20-15)10-17-9-13(3)4/h11,13,17H,5-10,12H2,1-4H3. The molecule has 0 saturated carbocycles. The van der Waals surface area contributed by atoms with Crippen molar-refractivity contribution in [1.29, 1.82) is 0 Å². The Morgan fingerprint density at radius 3 is 2.75 bits per heavy atom. The predicted octanol–water partition coefficient (Wildman–Crippen LogP) is 3.44. The maximum atomic E-state index is 5.66. The SMILES string of the molecule is CCC1(CC)CCN(c2nc(CNCC(C)C)co2)C1. The lowest BCUT2D eigenvalue weighted by Gasteiger charge is -2.25. The van der Waals surface area contributed by atoms with Gasteiger partial charge in [-0.1, -0.05) is 27.7 Å². The Morgan fingerprint density at radius 1 is 1.40 bits per heavy atom. The Hall–Kier alpha value is -1.03. The van der Waals surface area contributed by atoms with Crippen LogP contribution in [0.25, 0.3) is 0 Å². The molecule has 1 aromatic heterocycles. The van der Waals surface area contributed by atoms with Gasteiger partial charge in [0.15, 0.2) is 0 Å². The molecule has 0 bridgehead atoms. The minimum atomic E-state index is 0.463. The Morgan fingerprint density at radius 2 is 2.15 bits per heavy atom. The Labute approximate surface area is 122 Å². The predicted molar refractivity (Wildman–Crippen MR) is 82.9 cm³/mol. The van der Waals surface area contributed by atoms with Crippen LogP contribution in [0.3, 0.4) is 0 Å². The summed E-state index contributed by atoms with van der Waals surface area (Å²) in [6.07, 6.45) is 5.52. The van der Waals surface area contributed by atoms with Gasteiger partial charge < -0.3 is 14.6 Å². The minimum Gasteiger partial charge on any atom is -0.432 e. The number of nitrogens with one attached hydrogen (secondary N) is 1. The molecular formula is C16H29N3O. The van der Waals surface area contributed by atoms with Crippen LogP contribution in [0.4, 0.5) is 6.01 Å². The van der Waals surface area contributed by atoms with Crippen LogP contribution in [0.2, 0.25) is 0 Å². The number of hydrogen-bond acceptors (Lipinski definition) is 4. The highest BCUT2D eigenvalue weighted by Crippen LogP contribution is 2.38. The lowest BCUT2D eigenvalue weighted by atomic mass is 9.82. The molecule has 0 aromatic carbocycles. The van der Waals surface area contributed by atoms with Crippen molar-refractivity contribution in [2.45, 2.75) is 53.5 Å². The van der Waals surface area contributed by atoms with Crippen molar-refractivity contribution in [2.24, 2.45) is 11.3 Å². The fourth-order valence-corrected chi connectivity index (χ4v) is 2.94. The van der Waals surface area contributed by atoms with E-state index >= 15 is 0 Å². The lowest BCUT2D eigenvalue weighted by molar-refractivity contribution is 0.300. The second kappa shape index (κ2) is 6.61. The van der Waals surface area contributed by atoms with Gasteiger partial charge in [-0.05, 0) is 37.1 Å². The molecule has 114 valence electrons. The smallest absolute Gasteiger partial charge is 0.297 e. The highest BCUT2D eigenvalue weighted by molar-refractivity contribution is 5.30. The van der Waals surface area contributed by atoms with Crippen molar-refractivity contribution in [3.8, 4) is 0 Å². The molecule has 2 heterocycles. The number of aromatic nitrogens is 1. The molecule has 0 amide bonds. The minimum absolute atomic E-state index is 0.463. The summed E-state index contributed by atoms with van der Waals surface area (Å²) in [5, 5.41) is 3.40. The number of nitrogens with zero attached hydrogens (tertiary/aromatic N) is 2. The van der Waals surface area contributed by atoms with Gasteiger partial charge in [-0.15, -0.1) is 0 Å². The fourth-order valence-electron chi connectivity index (χ4n) is 2.94. The molecule has 1 aliphatic rings. The van der Waals surface area contributed by atoms with Crippen molar-refractivity contribution in [1.82, 2.24) is 10.3 Å². The Bertz CT molecular complexity index is 410. The van der Waals surface area contributed by atoms with Gasteiger partial charge in [-0.25, -0.2) is 0 Å². The summed E-state index contributed by atoms with van der Waals surface area (Å²) in [4.78, 5) is 6.92. The van der Waals surface area contributed by atoms with Gasteiger partial charge >= 0.3 is 0 Å². The zero-order valence-electron chi connectivity index (χ0n) is 13.4. The van der Waals surface area contributed by atoms with Crippen LogP contribution in [-0.4, -0.2) is 24.6 Å². The first-order chi connectivity index (χ1) is 9.58. The van der Waals surface area contributed by atoms with Gasteiger partial charge in [0.25, 0.3) is 6.01 Å². The van der Waals surface area contributed by atoms with Crippen molar-refractivity contribution < 1.29 is 4.42 Å². The van der Waals surface area contributed by atoms with E-state index in [1.807, 2.05) is 0 Å². The first-order valence-electron chi connectivity index (χ1n) is 7.98. The highest BCUT2D eigenvalue weighted by atomic mass is 16.4. The quantitative estimate of drug-likeness (QED) is 0.830. The molecule has 0 atom stereocenters. The van der Waals surface area contributed by atoms with E-state index in [-0.39, 0.29) is 0 Å². The Balaban J connectivity index is 1.90. The van der Waals surface area contributed by atoms with Crippen LogP contribution >= 0.6 is 0 Å². The maximum absolute atomic E-state index is 5.66. The molecule has 4 heteroatoms. The highest BCUT2D eigenvalue weighted by Gasteiger charge is 2.36. The monoisotopic (exact) mass is 279 g/mol. The van der Waals surface area contributed by atoms with Crippen molar-refractivity contribution in [3.63, 3.8) is 0 Å². The molecule has 1 aliphatic heterocycles. The molecule has 0 radical (unpaired) electrons. The number of oxazole rings is 1. The summed E-state index contributed by atoms with van der Waals surface area (Å²) in [5.41, 5.74) is 1.47. The second-order valence-electron chi connectivity index (χ2n) is 6.52. The van der Waals surface area contributed by atoms with Crippen LogP contribution in [0, 0.1) is 11.3 Å².